The van der Waals surface area contributed by atoms with Crippen molar-refractivity contribution in [2.24, 2.45) is 0 Å². The Morgan fingerprint density at radius 3 is 2.00 bits per heavy atom. The van der Waals surface area contributed by atoms with Gasteiger partial charge in [-0.3, -0.25) is 19.3 Å². The Morgan fingerprint density at radius 2 is 1.52 bits per heavy atom. The molecule has 0 radical (unpaired) electrons. The van der Waals surface area contributed by atoms with Gasteiger partial charge in [0.05, 0.1) is 17.0 Å². The summed E-state index contributed by atoms with van der Waals surface area (Å²) >= 11 is 0. The number of halogens is 1. The first-order chi connectivity index (χ1) is 11.0. The van der Waals surface area contributed by atoms with Gasteiger partial charge in [0, 0.05) is 6.54 Å². The van der Waals surface area contributed by atoms with Gasteiger partial charge in [-0.05, 0) is 29.8 Å². The van der Waals surface area contributed by atoms with Crippen molar-refractivity contribution in [3.05, 3.63) is 71.0 Å². The van der Waals surface area contributed by atoms with Gasteiger partial charge in [0.25, 0.3) is 11.8 Å². The summed E-state index contributed by atoms with van der Waals surface area (Å²) in [6, 6.07) is 11.3. The molecule has 6 heteroatoms. The van der Waals surface area contributed by atoms with Gasteiger partial charge in [0.15, 0.2) is 0 Å². The predicted octanol–water partition coefficient (Wildman–Crippen LogP) is 2.29. The number of benzene rings is 2. The van der Waals surface area contributed by atoms with Crippen molar-refractivity contribution in [1.82, 2.24) is 4.90 Å². The topological polar surface area (TPSA) is 74.7 Å². The lowest BCUT2D eigenvalue weighted by molar-refractivity contribution is -0.138. The number of fused-ring (bicyclic) bond motifs is 1. The van der Waals surface area contributed by atoms with Gasteiger partial charge >= 0.3 is 5.97 Å². The molecule has 0 aromatic heterocycles. The fraction of sp³-hybridized carbons (Fsp3) is 0.118. The van der Waals surface area contributed by atoms with E-state index in [1.807, 2.05) is 0 Å². The maximum Gasteiger partial charge on any atom is 0.312 e. The highest BCUT2D eigenvalue weighted by Crippen LogP contribution is 2.26. The molecule has 0 bridgehead atoms. The molecule has 1 N–H and O–H groups in total. The monoisotopic (exact) mass is 313 g/mol. The van der Waals surface area contributed by atoms with Crippen molar-refractivity contribution in [2.75, 3.05) is 6.54 Å². The smallest absolute Gasteiger partial charge is 0.312 e. The number of carboxylic acid groups (broad SMARTS) is 1. The molecule has 116 valence electrons. The summed E-state index contributed by atoms with van der Waals surface area (Å²) in [5, 5.41) is 9.40. The van der Waals surface area contributed by atoms with E-state index < -0.39 is 29.5 Å². The second-order valence-electron chi connectivity index (χ2n) is 5.21. The fourth-order valence-corrected chi connectivity index (χ4v) is 2.61. The summed E-state index contributed by atoms with van der Waals surface area (Å²) in [7, 11) is 0. The molecule has 1 aliphatic rings. The Hall–Kier alpha value is -3.02. The first-order valence-electron chi connectivity index (χ1n) is 6.92. The number of hydrogen-bond donors (Lipinski definition) is 1. The lowest BCUT2D eigenvalue weighted by Gasteiger charge is -2.19. The van der Waals surface area contributed by atoms with E-state index in [2.05, 4.69) is 0 Å². The van der Waals surface area contributed by atoms with Crippen LogP contribution in [0.25, 0.3) is 0 Å². The number of rotatable bonds is 4. The highest BCUT2D eigenvalue weighted by atomic mass is 19.1. The Kier molecular flexibility index (Phi) is 3.65. The van der Waals surface area contributed by atoms with Crippen LogP contribution in [-0.2, 0) is 4.79 Å². The third-order valence-corrected chi connectivity index (χ3v) is 3.81. The number of carbonyl (C=O) groups excluding carboxylic acids is 2. The summed E-state index contributed by atoms with van der Waals surface area (Å²) in [5.41, 5.74) is 0.858. The Balaban J connectivity index is 1.90. The minimum Gasteiger partial charge on any atom is -0.481 e. The average molecular weight is 313 g/mol. The zero-order valence-corrected chi connectivity index (χ0v) is 11.9. The molecule has 2 aromatic carbocycles. The molecular weight excluding hydrogens is 301 g/mol. The number of aliphatic carboxylic acids is 1. The van der Waals surface area contributed by atoms with Crippen LogP contribution in [0.1, 0.15) is 32.2 Å². The maximum absolute atomic E-state index is 13.0. The van der Waals surface area contributed by atoms with Crippen LogP contribution >= 0.6 is 0 Å². The Bertz CT molecular complexity index is 765. The predicted molar refractivity (Wildman–Crippen MR) is 78.6 cm³/mol. The first kappa shape index (κ1) is 14.9. The Labute approximate surface area is 131 Å². The van der Waals surface area contributed by atoms with E-state index in [1.54, 1.807) is 12.1 Å². The quantitative estimate of drug-likeness (QED) is 0.879. The van der Waals surface area contributed by atoms with Crippen LogP contribution in [0.4, 0.5) is 4.39 Å². The van der Waals surface area contributed by atoms with Crippen LogP contribution in [0.2, 0.25) is 0 Å². The van der Waals surface area contributed by atoms with Gasteiger partial charge in [-0.15, -0.1) is 0 Å². The van der Waals surface area contributed by atoms with E-state index in [4.69, 9.17) is 0 Å². The number of imide groups is 1. The van der Waals surface area contributed by atoms with E-state index in [1.165, 1.54) is 24.3 Å². The summed E-state index contributed by atoms with van der Waals surface area (Å²) < 4.78 is 13.0. The molecule has 1 aliphatic heterocycles. The summed E-state index contributed by atoms with van der Waals surface area (Å²) in [6.45, 7) is -0.298. The minimum absolute atomic E-state index is 0.265. The molecule has 2 amide bonds. The van der Waals surface area contributed by atoms with Gasteiger partial charge in [-0.2, -0.15) is 0 Å². The van der Waals surface area contributed by atoms with Gasteiger partial charge in [-0.25, -0.2) is 4.39 Å². The second kappa shape index (κ2) is 5.64. The lowest BCUT2D eigenvalue weighted by Crippen LogP contribution is -2.36. The fourth-order valence-electron chi connectivity index (χ4n) is 2.61. The van der Waals surface area contributed by atoms with Crippen molar-refractivity contribution < 1.29 is 23.9 Å². The lowest BCUT2D eigenvalue weighted by atomic mass is 9.98. The third kappa shape index (κ3) is 2.59. The number of hydrogen-bond acceptors (Lipinski definition) is 3. The summed E-state index contributed by atoms with van der Waals surface area (Å²) in [6.07, 6.45) is 0. The van der Waals surface area contributed by atoms with E-state index in [-0.39, 0.29) is 17.7 Å². The Morgan fingerprint density at radius 1 is 1.00 bits per heavy atom. The van der Waals surface area contributed by atoms with Crippen LogP contribution in [0, 0.1) is 5.82 Å². The first-order valence-corrected chi connectivity index (χ1v) is 6.92. The molecule has 23 heavy (non-hydrogen) atoms. The molecule has 3 rings (SSSR count). The molecule has 0 fully saturated rings. The highest BCUT2D eigenvalue weighted by Gasteiger charge is 2.38. The molecule has 0 spiro atoms. The van der Waals surface area contributed by atoms with Crippen molar-refractivity contribution in [2.45, 2.75) is 5.92 Å². The summed E-state index contributed by atoms with van der Waals surface area (Å²) in [4.78, 5) is 37.0. The largest absolute Gasteiger partial charge is 0.481 e. The summed E-state index contributed by atoms with van der Waals surface area (Å²) in [5.74, 6) is -3.82. The number of nitrogens with zero attached hydrogens (tertiary/aromatic N) is 1. The third-order valence-electron chi connectivity index (χ3n) is 3.81. The van der Waals surface area contributed by atoms with E-state index in [9.17, 15) is 23.9 Å². The molecule has 2 aromatic rings. The van der Waals surface area contributed by atoms with Gasteiger partial charge in [-0.1, -0.05) is 24.3 Å². The molecule has 0 saturated carbocycles. The van der Waals surface area contributed by atoms with Crippen LogP contribution in [-0.4, -0.2) is 34.3 Å². The minimum atomic E-state index is -1.19. The standard InChI is InChI=1S/C17H12FNO4/c18-11-7-5-10(6-8-11)14(17(22)23)9-19-15(20)12-3-1-2-4-13(12)16(19)21/h1-8,14H,9H2,(H,22,23). The van der Waals surface area contributed by atoms with Crippen LogP contribution in [0.5, 0.6) is 0 Å². The highest BCUT2D eigenvalue weighted by molar-refractivity contribution is 6.21. The zero-order valence-electron chi connectivity index (χ0n) is 11.9. The second-order valence-corrected chi connectivity index (χ2v) is 5.21. The van der Waals surface area contributed by atoms with Gasteiger partial charge in [0.1, 0.15) is 5.82 Å². The number of carboxylic acids is 1. The van der Waals surface area contributed by atoms with E-state index in [0.717, 1.165) is 17.0 Å². The molecule has 0 aliphatic carbocycles. The molecule has 1 heterocycles. The molecular formula is C17H12FNO4. The van der Waals surface area contributed by atoms with Gasteiger partial charge < -0.3 is 5.11 Å². The SMILES string of the molecule is O=C(O)C(CN1C(=O)c2ccccc2C1=O)c1ccc(F)cc1. The average Bonchev–Trinajstić information content (AvgIpc) is 2.78. The van der Waals surface area contributed by atoms with Crippen molar-refractivity contribution in [1.29, 1.82) is 0 Å². The van der Waals surface area contributed by atoms with Crippen LogP contribution < -0.4 is 0 Å². The van der Waals surface area contributed by atoms with Gasteiger partial charge in [0.2, 0.25) is 0 Å². The van der Waals surface area contributed by atoms with Crippen LogP contribution in [0.15, 0.2) is 48.5 Å². The van der Waals surface area contributed by atoms with Crippen LogP contribution in [0.3, 0.4) is 0 Å². The maximum atomic E-state index is 13.0. The molecule has 0 saturated heterocycles. The zero-order chi connectivity index (χ0) is 16.6. The molecule has 5 nitrogen and oxygen atoms in total. The van der Waals surface area contributed by atoms with E-state index in [0.29, 0.717) is 5.56 Å². The number of amides is 2. The van der Waals surface area contributed by atoms with Crippen molar-refractivity contribution >= 4 is 17.8 Å². The normalized spacial score (nSPS) is 14.7. The number of carbonyl (C=O) groups is 3. The van der Waals surface area contributed by atoms with Crippen molar-refractivity contribution in [3.63, 3.8) is 0 Å². The van der Waals surface area contributed by atoms with E-state index >= 15 is 0 Å². The molecule has 1 unspecified atom stereocenters. The molecule has 1 atom stereocenters. The van der Waals surface area contributed by atoms with Crippen molar-refractivity contribution in [3.8, 4) is 0 Å².